The van der Waals surface area contributed by atoms with Crippen molar-refractivity contribution in [2.45, 2.75) is 206 Å². The van der Waals surface area contributed by atoms with Crippen molar-refractivity contribution < 1.29 is 19.4 Å². The van der Waals surface area contributed by atoms with Crippen molar-refractivity contribution in [2.75, 3.05) is 0 Å². The molecule has 0 aliphatic rings. The Labute approximate surface area is 273 Å². The first-order valence-corrected chi connectivity index (χ1v) is 19.0. The van der Waals surface area contributed by atoms with Crippen molar-refractivity contribution in [3.05, 3.63) is 36.5 Å². The molecule has 0 fully saturated rings. The minimum Gasteiger partial charge on any atom is -0.481 e. The zero-order chi connectivity index (χ0) is 32.2. The van der Waals surface area contributed by atoms with Crippen LogP contribution >= 0.6 is 0 Å². The molecule has 0 amide bonds. The Morgan fingerprint density at radius 3 is 1.43 bits per heavy atom. The Hall–Kier alpha value is -1.84. The summed E-state index contributed by atoms with van der Waals surface area (Å²) < 4.78 is 5.91. The summed E-state index contributed by atoms with van der Waals surface area (Å²) in [5, 5.41) is 8.71. The average Bonchev–Trinajstić information content (AvgIpc) is 3.00. The summed E-state index contributed by atoms with van der Waals surface area (Å²) in [6, 6.07) is 0. The van der Waals surface area contributed by atoms with Crippen molar-refractivity contribution in [3.63, 3.8) is 0 Å². The molecule has 0 aromatic carbocycles. The molecule has 1 unspecified atom stereocenters. The van der Waals surface area contributed by atoms with Crippen LogP contribution in [0, 0.1) is 0 Å². The van der Waals surface area contributed by atoms with Crippen molar-refractivity contribution in [1.29, 1.82) is 0 Å². The Morgan fingerprint density at radius 1 is 0.500 bits per heavy atom. The second-order valence-electron chi connectivity index (χ2n) is 12.8. The highest BCUT2D eigenvalue weighted by Gasteiger charge is 2.14. The van der Waals surface area contributed by atoms with Gasteiger partial charge in [-0.25, -0.2) is 0 Å². The normalized spacial score (nSPS) is 12.6. The number of unbranched alkanes of at least 4 members (excludes halogenated alkanes) is 19. The van der Waals surface area contributed by atoms with E-state index in [4.69, 9.17) is 9.84 Å². The van der Waals surface area contributed by atoms with Gasteiger partial charge >= 0.3 is 11.9 Å². The molecular weight excluding hydrogens is 544 g/mol. The van der Waals surface area contributed by atoms with Gasteiger partial charge in [0.15, 0.2) is 0 Å². The molecule has 0 aromatic rings. The molecule has 4 heteroatoms. The van der Waals surface area contributed by atoms with Gasteiger partial charge in [-0.3, -0.25) is 9.59 Å². The number of hydrogen-bond acceptors (Lipinski definition) is 3. The molecule has 0 bridgehead atoms. The zero-order valence-corrected chi connectivity index (χ0v) is 29.2. The number of allylic oxidation sites excluding steroid dienone is 6. The highest BCUT2D eigenvalue weighted by molar-refractivity contribution is 5.69. The molecular formula is C40H72O4. The fourth-order valence-corrected chi connectivity index (χ4v) is 5.50. The van der Waals surface area contributed by atoms with Gasteiger partial charge in [0, 0.05) is 12.8 Å². The number of carbonyl (C=O) groups excluding carboxylic acids is 1. The molecule has 0 rings (SSSR count). The minimum absolute atomic E-state index is 0.00186. The molecule has 0 spiro atoms. The second kappa shape index (κ2) is 35.6. The first kappa shape index (κ1) is 42.2. The van der Waals surface area contributed by atoms with E-state index >= 15 is 0 Å². The van der Waals surface area contributed by atoms with Crippen molar-refractivity contribution in [3.8, 4) is 0 Å². The van der Waals surface area contributed by atoms with Crippen LogP contribution in [-0.2, 0) is 14.3 Å². The zero-order valence-electron chi connectivity index (χ0n) is 29.2. The lowest BCUT2D eigenvalue weighted by Gasteiger charge is -2.18. The standard InChI is InChI=1S/C40H72O4/c1-3-5-7-8-9-10-11-12-13-14-15-16-17-18-19-20-21-22-26-29-33-37-40(43)44-38(34-30-6-4-2)35-31-27-24-23-25-28-32-36-39(41)42/h9-10,12-13,18-19,38H,3-8,11,14-17,20-37H2,1-2H3,(H,41,42)/b10-9-,13-12-,19-18-. The van der Waals surface area contributed by atoms with Gasteiger partial charge < -0.3 is 9.84 Å². The average molecular weight is 617 g/mol. The number of ether oxygens (including phenoxy) is 1. The maximum absolute atomic E-state index is 12.5. The van der Waals surface area contributed by atoms with Gasteiger partial charge in [-0.2, -0.15) is 0 Å². The van der Waals surface area contributed by atoms with Crippen LogP contribution < -0.4 is 0 Å². The minimum atomic E-state index is -0.690. The van der Waals surface area contributed by atoms with Gasteiger partial charge in [-0.1, -0.05) is 127 Å². The van der Waals surface area contributed by atoms with Gasteiger partial charge in [-0.05, 0) is 96.3 Å². The largest absolute Gasteiger partial charge is 0.481 e. The summed E-state index contributed by atoms with van der Waals surface area (Å²) >= 11 is 0. The maximum Gasteiger partial charge on any atom is 0.306 e. The fraction of sp³-hybridized carbons (Fsp3) is 0.800. The molecule has 0 heterocycles. The van der Waals surface area contributed by atoms with E-state index in [1.54, 1.807) is 0 Å². The van der Waals surface area contributed by atoms with Crippen LogP contribution in [0.4, 0.5) is 0 Å². The lowest BCUT2D eigenvalue weighted by Crippen LogP contribution is -2.18. The van der Waals surface area contributed by atoms with E-state index < -0.39 is 5.97 Å². The van der Waals surface area contributed by atoms with Crippen LogP contribution in [0.2, 0.25) is 0 Å². The van der Waals surface area contributed by atoms with E-state index in [9.17, 15) is 9.59 Å². The third-order valence-corrected chi connectivity index (χ3v) is 8.33. The predicted molar refractivity (Wildman–Crippen MR) is 190 cm³/mol. The molecule has 0 aromatic heterocycles. The van der Waals surface area contributed by atoms with Gasteiger partial charge in [0.2, 0.25) is 0 Å². The number of carbonyl (C=O) groups is 2. The van der Waals surface area contributed by atoms with E-state index in [-0.39, 0.29) is 12.1 Å². The fourth-order valence-electron chi connectivity index (χ4n) is 5.50. The third kappa shape index (κ3) is 34.6. The number of aliphatic carboxylic acids is 1. The third-order valence-electron chi connectivity index (χ3n) is 8.33. The monoisotopic (exact) mass is 617 g/mol. The van der Waals surface area contributed by atoms with Gasteiger partial charge in [0.05, 0.1) is 0 Å². The first-order chi connectivity index (χ1) is 21.6. The van der Waals surface area contributed by atoms with E-state index in [2.05, 4.69) is 50.3 Å². The molecule has 256 valence electrons. The van der Waals surface area contributed by atoms with Crippen molar-refractivity contribution in [1.82, 2.24) is 0 Å². The van der Waals surface area contributed by atoms with Crippen LogP contribution in [0.25, 0.3) is 0 Å². The second-order valence-corrected chi connectivity index (χ2v) is 12.8. The smallest absolute Gasteiger partial charge is 0.306 e. The molecule has 0 aliphatic carbocycles. The number of carboxylic acid groups (broad SMARTS) is 1. The Morgan fingerprint density at radius 2 is 0.886 bits per heavy atom. The van der Waals surface area contributed by atoms with Crippen LogP contribution in [0.3, 0.4) is 0 Å². The highest BCUT2D eigenvalue weighted by atomic mass is 16.5. The topological polar surface area (TPSA) is 63.6 Å². The molecule has 0 radical (unpaired) electrons. The quantitative estimate of drug-likeness (QED) is 0.0444. The van der Waals surface area contributed by atoms with Crippen molar-refractivity contribution >= 4 is 11.9 Å². The van der Waals surface area contributed by atoms with Gasteiger partial charge in [-0.15, -0.1) is 0 Å². The molecule has 0 aliphatic heterocycles. The molecule has 0 saturated heterocycles. The molecule has 44 heavy (non-hydrogen) atoms. The number of hydrogen-bond donors (Lipinski definition) is 1. The lowest BCUT2D eigenvalue weighted by molar-refractivity contribution is -0.150. The molecule has 1 N–H and O–H groups in total. The SMILES string of the molecule is CCCCC/C=C\C/C=C\CCCC/C=C\CCCCCCCC(=O)OC(CCCCC)CCCCCCCCCC(=O)O. The van der Waals surface area contributed by atoms with E-state index in [1.165, 1.54) is 109 Å². The van der Waals surface area contributed by atoms with Crippen LogP contribution in [-0.4, -0.2) is 23.1 Å². The Bertz CT molecular complexity index is 708. The molecule has 1 atom stereocenters. The maximum atomic E-state index is 12.5. The van der Waals surface area contributed by atoms with Gasteiger partial charge in [0.1, 0.15) is 6.10 Å². The predicted octanol–water partition coefficient (Wildman–Crippen LogP) is 13.0. The first-order valence-electron chi connectivity index (χ1n) is 19.0. The summed E-state index contributed by atoms with van der Waals surface area (Å²) in [6.45, 7) is 4.47. The number of rotatable bonds is 34. The van der Waals surface area contributed by atoms with Crippen molar-refractivity contribution in [2.24, 2.45) is 0 Å². The Balaban J connectivity index is 3.72. The summed E-state index contributed by atoms with van der Waals surface area (Å²) in [7, 11) is 0. The lowest BCUT2D eigenvalue weighted by atomic mass is 10.0. The summed E-state index contributed by atoms with van der Waals surface area (Å²) in [4.78, 5) is 23.1. The van der Waals surface area contributed by atoms with Crippen LogP contribution in [0.5, 0.6) is 0 Å². The van der Waals surface area contributed by atoms with E-state index in [0.29, 0.717) is 12.8 Å². The van der Waals surface area contributed by atoms with Crippen LogP contribution in [0.1, 0.15) is 200 Å². The molecule has 4 nitrogen and oxygen atoms in total. The van der Waals surface area contributed by atoms with E-state index in [1.807, 2.05) is 0 Å². The summed E-state index contributed by atoms with van der Waals surface area (Å²) in [5.41, 5.74) is 0. The van der Waals surface area contributed by atoms with Gasteiger partial charge in [0.25, 0.3) is 0 Å². The molecule has 0 saturated carbocycles. The van der Waals surface area contributed by atoms with Crippen LogP contribution in [0.15, 0.2) is 36.5 Å². The summed E-state index contributed by atoms with van der Waals surface area (Å²) in [5.74, 6) is -0.692. The van der Waals surface area contributed by atoms with E-state index in [0.717, 1.165) is 64.2 Å². The Kier molecular flexibility index (Phi) is 34.1. The number of esters is 1. The number of carboxylic acids is 1. The summed E-state index contributed by atoms with van der Waals surface area (Å²) in [6.07, 6.45) is 46.2. The highest BCUT2D eigenvalue weighted by Crippen LogP contribution is 2.18.